The molecule has 0 radical (unpaired) electrons. The van der Waals surface area contributed by atoms with Crippen LogP contribution in [0.3, 0.4) is 0 Å². The number of primary sulfonamides is 1. The fourth-order valence-corrected chi connectivity index (χ4v) is 3.06. The van der Waals surface area contributed by atoms with Crippen molar-refractivity contribution in [1.82, 2.24) is 0 Å². The summed E-state index contributed by atoms with van der Waals surface area (Å²) >= 11 is 3.29. The van der Waals surface area contributed by atoms with Crippen molar-refractivity contribution in [2.45, 2.75) is 17.7 Å². The molecule has 6 heteroatoms. The normalized spacial score (nSPS) is 11.3. The summed E-state index contributed by atoms with van der Waals surface area (Å²) in [4.78, 5) is 0.0611. The standard InChI is InChI=1S/C15H16BrNO3S/c16-14-11-13(21(17,18)19)8-9-15(14)20-10-4-7-12-5-2-1-3-6-12/h1-3,5-6,8-9,11H,4,7,10H2,(H2,17,18,19). The zero-order chi connectivity index (χ0) is 15.3. The van der Waals surface area contributed by atoms with E-state index in [1.54, 1.807) is 6.07 Å². The summed E-state index contributed by atoms with van der Waals surface area (Å²) in [5.41, 5.74) is 1.27. The summed E-state index contributed by atoms with van der Waals surface area (Å²) < 4.78 is 28.7. The molecule has 0 spiro atoms. The molecule has 0 aliphatic heterocycles. The average molecular weight is 370 g/mol. The van der Waals surface area contributed by atoms with Gasteiger partial charge in [0.2, 0.25) is 10.0 Å². The first-order valence-electron chi connectivity index (χ1n) is 6.46. The smallest absolute Gasteiger partial charge is 0.238 e. The molecular weight excluding hydrogens is 354 g/mol. The lowest BCUT2D eigenvalue weighted by atomic mass is 10.1. The van der Waals surface area contributed by atoms with E-state index < -0.39 is 10.0 Å². The molecule has 2 aromatic carbocycles. The molecule has 0 aliphatic rings. The molecule has 0 atom stereocenters. The van der Waals surface area contributed by atoms with Crippen LogP contribution in [0.2, 0.25) is 0 Å². The van der Waals surface area contributed by atoms with Crippen LogP contribution in [0.15, 0.2) is 57.9 Å². The zero-order valence-corrected chi connectivity index (χ0v) is 13.7. The molecule has 0 heterocycles. The summed E-state index contributed by atoms with van der Waals surface area (Å²) in [5, 5.41) is 5.07. The molecule has 4 nitrogen and oxygen atoms in total. The van der Waals surface area contributed by atoms with E-state index in [1.165, 1.54) is 17.7 Å². The minimum Gasteiger partial charge on any atom is -0.492 e. The van der Waals surface area contributed by atoms with Crippen molar-refractivity contribution in [2.75, 3.05) is 6.61 Å². The van der Waals surface area contributed by atoms with E-state index in [2.05, 4.69) is 28.1 Å². The summed E-state index contributed by atoms with van der Waals surface area (Å²) in [7, 11) is -3.69. The minimum absolute atomic E-state index is 0.0611. The Balaban J connectivity index is 1.89. The number of halogens is 1. The zero-order valence-electron chi connectivity index (χ0n) is 11.3. The molecule has 0 aromatic heterocycles. The van der Waals surface area contributed by atoms with E-state index in [1.807, 2.05) is 18.2 Å². The Morgan fingerprint density at radius 3 is 2.43 bits per heavy atom. The molecule has 2 aromatic rings. The number of ether oxygens (including phenoxy) is 1. The van der Waals surface area contributed by atoms with E-state index in [-0.39, 0.29) is 4.90 Å². The maximum absolute atomic E-state index is 11.2. The minimum atomic E-state index is -3.69. The summed E-state index contributed by atoms with van der Waals surface area (Å²) in [6, 6.07) is 14.7. The predicted molar refractivity (Wildman–Crippen MR) is 85.8 cm³/mol. The summed E-state index contributed by atoms with van der Waals surface area (Å²) in [5.74, 6) is 0.607. The topological polar surface area (TPSA) is 69.4 Å². The molecule has 0 bridgehead atoms. The van der Waals surface area contributed by atoms with E-state index in [9.17, 15) is 8.42 Å². The molecule has 21 heavy (non-hydrogen) atoms. The van der Waals surface area contributed by atoms with Crippen LogP contribution in [-0.4, -0.2) is 15.0 Å². The quantitative estimate of drug-likeness (QED) is 0.795. The van der Waals surface area contributed by atoms with Crippen molar-refractivity contribution < 1.29 is 13.2 Å². The Morgan fingerprint density at radius 1 is 1.10 bits per heavy atom. The molecule has 112 valence electrons. The first-order chi connectivity index (χ1) is 9.97. The van der Waals surface area contributed by atoms with Crippen molar-refractivity contribution in [3.8, 4) is 5.75 Å². The maximum Gasteiger partial charge on any atom is 0.238 e. The van der Waals surface area contributed by atoms with Gasteiger partial charge in [0.15, 0.2) is 0 Å². The van der Waals surface area contributed by atoms with Gasteiger partial charge in [0.25, 0.3) is 0 Å². The molecule has 2 rings (SSSR count). The van der Waals surface area contributed by atoms with Crippen molar-refractivity contribution in [3.05, 3.63) is 58.6 Å². The highest BCUT2D eigenvalue weighted by molar-refractivity contribution is 9.10. The Morgan fingerprint density at radius 2 is 1.81 bits per heavy atom. The number of benzene rings is 2. The Labute approximate surface area is 133 Å². The molecule has 0 fully saturated rings. The highest BCUT2D eigenvalue weighted by Crippen LogP contribution is 2.27. The monoisotopic (exact) mass is 369 g/mol. The molecule has 0 saturated carbocycles. The van der Waals surface area contributed by atoms with Crippen LogP contribution in [0.1, 0.15) is 12.0 Å². The van der Waals surface area contributed by atoms with E-state index >= 15 is 0 Å². The number of nitrogens with two attached hydrogens (primary N) is 1. The second-order valence-corrected chi connectivity index (χ2v) is 6.99. The highest BCUT2D eigenvalue weighted by Gasteiger charge is 2.10. The number of aryl methyl sites for hydroxylation is 1. The third kappa shape index (κ3) is 4.84. The van der Waals surface area contributed by atoms with Gasteiger partial charge in [0.1, 0.15) is 5.75 Å². The third-order valence-electron chi connectivity index (χ3n) is 2.94. The van der Waals surface area contributed by atoms with E-state index in [4.69, 9.17) is 9.88 Å². The fraction of sp³-hybridized carbons (Fsp3) is 0.200. The van der Waals surface area contributed by atoms with Gasteiger partial charge in [0, 0.05) is 0 Å². The van der Waals surface area contributed by atoms with Crippen molar-refractivity contribution in [1.29, 1.82) is 0 Å². The lowest BCUT2D eigenvalue weighted by Gasteiger charge is -2.09. The van der Waals surface area contributed by atoms with Crippen molar-refractivity contribution in [2.24, 2.45) is 5.14 Å². The summed E-state index contributed by atoms with van der Waals surface area (Å²) in [6.45, 7) is 0.558. The second-order valence-electron chi connectivity index (χ2n) is 4.57. The van der Waals surface area contributed by atoms with Gasteiger partial charge in [-0.15, -0.1) is 0 Å². The molecule has 0 saturated heterocycles. The molecular formula is C15H16BrNO3S. The van der Waals surface area contributed by atoms with Crippen molar-refractivity contribution in [3.63, 3.8) is 0 Å². The summed E-state index contributed by atoms with van der Waals surface area (Å²) in [6.07, 6.45) is 1.82. The van der Waals surface area contributed by atoms with Crippen molar-refractivity contribution >= 4 is 26.0 Å². The SMILES string of the molecule is NS(=O)(=O)c1ccc(OCCCc2ccccc2)c(Br)c1. The van der Waals surface area contributed by atoms with Crippen LogP contribution in [-0.2, 0) is 16.4 Å². The van der Waals surface area contributed by atoms with Gasteiger partial charge in [-0.25, -0.2) is 13.6 Å². The van der Waals surface area contributed by atoms with Crippen LogP contribution in [0, 0.1) is 0 Å². The Hall–Kier alpha value is -1.37. The van der Waals surface area contributed by atoms with E-state index in [0.717, 1.165) is 12.8 Å². The van der Waals surface area contributed by atoms with Gasteiger partial charge in [-0.05, 0) is 52.5 Å². The van der Waals surface area contributed by atoms with Crippen LogP contribution >= 0.6 is 15.9 Å². The molecule has 0 unspecified atom stereocenters. The number of hydrogen-bond acceptors (Lipinski definition) is 3. The first-order valence-corrected chi connectivity index (χ1v) is 8.80. The molecule has 2 N–H and O–H groups in total. The third-order valence-corrected chi connectivity index (χ3v) is 4.47. The van der Waals surface area contributed by atoms with Gasteiger partial charge in [-0.1, -0.05) is 30.3 Å². The maximum atomic E-state index is 11.2. The van der Waals surface area contributed by atoms with Gasteiger partial charge < -0.3 is 4.74 Å². The number of hydrogen-bond donors (Lipinski definition) is 1. The highest BCUT2D eigenvalue weighted by atomic mass is 79.9. The Bertz CT molecular complexity index is 702. The van der Waals surface area contributed by atoms with Crippen LogP contribution in [0.25, 0.3) is 0 Å². The molecule has 0 aliphatic carbocycles. The first kappa shape index (κ1) is 16.0. The fourth-order valence-electron chi connectivity index (χ4n) is 1.88. The second kappa shape index (κ2) is 7.06. The largest absolute Gasteiger partial charge is 0.492 e. The van der Waals surface area contributed by atoms with E-state index in [0.29, 0.717) is 16.8 Å². The lowest BCUT2D eigenvalue weighted by Crippen LogP contribution is -2.12. The van der Waals surface area contributed by atoms with Gasteiger partial charge in [-0.2, -0.15) is 0 Å². The van der Waals surface area contributed by atoms with Gasteiger partial charge in [0.05, 0.1) is 16.0 Å². The number of sulfonamides is 1. The predicted octanol–water partition coefficient (Wildman–Crippen LogP) is 3.11. The molecule has 0 amide bonds. The van der Waals surface area contributed by atoms with Gasteiger partial charge >= 0.3 is 0 Å². The average Bonchev–Trinajstić information content (AvgIpc) is 2.45. The number of rotatable bonds is 6. The Kier molecular flexibility index (Phi) is 5.39. The van der Waals surface area contributed by atoms with Crippen LogP contribution in [0.5, 0.6) is 5.75 Å². The van der Waals surface area contributed by atoms with Crippen LogP contribution in [0.4, 0.5) is 0 Å². The lowest BCUT2D eigenvalue weighted by molar-refractivity contribution is 0.309. The van der Waals surface area contributed by atoms with Crippen LogP contribution < -0.4 is 9.88 Å². The van der Waals surface area contributed by atoms with Gasteiger partial charge in [-0.3, -0.25) is 0 Å².